The molecule has 1 aromatic heterocycles. The van der Waals surface area contributed by atoms with E-state index >= 15 is 0 Å². The van der Waals surface area contributed by atoms with Gasteiger partial charge in [0.25, 0.3) is 11.2 Å². The second-order valence-corrected chi connectivity index (χ2v) is 4.93. The standard InChI is InChI=1S/C16H14N4O4/c1-3-19-15(21)13(8-17)10(2)14(16(19)22)9-18-11-4-6-12(7-5-11)20(23)24/h4-7,9,22H,3H2,1-2H3. The quantitative estimate of drug-likeness (QED) is 0.525. The van der Waals surface area contributed by atoms with Crippen molar-refractivity contribution in [1.82, 2.24) is 4.57 Å². The Hall–Kier alpha value is -3.47. The second-order valence-electron chi connectivity index (χ2n) is 4.93. The van der Waals surface area contributed by atoms with Crippen LogP contribution in [0, 0.1) is 28.4 Å². The molecular formula is C16H14N4O4. The molecule has 24 heavy (non-hydrogen) atoms. The van der Waals surface area contributed by atoms with E-state index in [0.29, 0.717) is 11.3 Å². The number of nitro groups is 1. The van der Waals surface area contributed by atoms with Gasteiger partial charge in [0.2, 0.25) is 5.88 Å². The molecule has 0 saturated heterocycles. The lowest BCUT2D eigenvalue weighted by Gasteiger charge is -2.11. The lowest BCUT2D eigenvalue weighted by molar-refractivity contribution is -0.384. The highest BCUT2D eigenvalue weighted by molar-refractivity contribution is 5.87. The minimum Gasteiger partial charge on any atom is -0.494 e. The number of nitro benzene ring substituents is 1. The molecule has 0 aliphatic heterocycles. The van der Waals surface area contributed by atoms with Crippen molar-refractivity contribution in [3.63, 3.8) is 0 Å². The number of non-ortho nitro benzene ring substituents is 1. The Morgan fingerprint density at radius 2 is 2.04 bits per heavy atom. The number of hydrogen-bond donors (Lipinski definition) is 1. The van der Waals surface area contributed by atoms with E-state index in [9.17, 15) is 20.0 Å². The molecule has 0 aliphatic rings. The van der Waals surface area contributed by atoms with Crippen LogP contribution in [-0.2, 0) is 6.54 Å². The summed E-state index contributed by atoms with van der Waals surface area (Å²) in [5.41, 5.74) is 0.357. The molecule has 1 heterocycles. The van der Waals surface area contributed by atoms with Crippen LogP contribution in [-0.4, -0.2) is 20.8 Å². The first-order valence-electron chi connectivity index (χ1n) is 7.05. The number of aliphatic imine (C=N–C) groups is 1. The predicted molar refractivity (Wildman–Crippen MR) is 87.8 cm³/mol. The molecule has 0 bridgehead atoms. The lowest BCUT2D eigenvalue weighted by atomic mass is 10.1. The Bertz CT molecular complexity index is 921. The Balaban J connectivity index is 2.51. The van der Waals surface area contributed by atoms with Crippen LogP contribution in [0.1, 0.15) is 23.6 Å². The molecule has 0 atom stereocenters. The molecule has 0 radical (unpaired) electrons. The Morgan fingerprint density at radius 1 is 1.42 bits per heavy atom. The normalized spacial score (nSPS) is 10.7. The maximum Gasteiger partial charge on any atom is 0.271 e. The van der Waals surface area contributed by atoms with Crippen molar-refractivity contribution in [2.45, 2.75) is 20.4 Å². The van der Waals surface area contributed by atoms with E-state index in [0.717, 1.165) is 4.57 Å². The zero-order valence-electron chi connectivity index (χ0n) is 13.1. The van der Waals surface area contributed by atoms with Crippen molar-refractivity contribution in [3.05, 3.63) is 61.4 Å². The van der Waals surface area contributed by atoms with Crippen LogP contribution in [0.2, 0.25) is 0 Å². The largest absolute Gasteiger partial charge is 0.494 e. The first kappa shape index (κ1) is 16.9. The number of nitriles is 1. The van der Waals surface area contributed by atoms with Gasteiger partial charge in [-0.2, -0.15) is 5.26 Å². The van der Waals surface area contributed by atoms with Crippen molar-refractivity contribution < 1.29 is 10.0 Å². The Morgan fingerprint density at radius 3 is 2.54 bits per heavy atom. The molecule has 2 aromatic rings. The second kappa shape index (κ2) is 6.75. The van der Waals surface area contributed by atoms with E-state index < -0.39 is 10.5 Å². The summed E-state index contributed by atoms with van der Waals surface area (Å²) in [5, 5.41) is 30.0. The summed E-state index contributed by atoms with van der Waals surface area (Å²) >= 11 is 0. The lowest BCUT2D eigenvalue weighted by Crippen LogP contribution is -2.24. The number of hydrogen-bond acceptors (Lipinski definition) is 6. The van der Waals surface area contributed by atoms with Gasteiger partial charge in [0.05, 0.1) is 16.2 Å². The van der Waals surface area contributed by atoms with E-state index in [1.807, 2.05) is 6.07 Å². The van der Waals surface area contributed by atoms with E-state index in [4.69, 9.17) is 5.26 Å². The van der Waals surface area contributed by atoms with Gasteiger partial charge in [-0.3, -0.25) is 24.5 Å². The fourth-order valence-corrected chi connectivity index (χ4v) is 2.22. The number of aromatic nitrogens is 1. The van der Waals surface area contributed by atoms with E-state index in [1.165, 1.54) is 30.5 Å². The summed E-state index contributed by atoms with van der Waals surface area (Å²) in [5.74, 6) is -0.273. The highest BCUT2D eigenvalue weighted by Crippen LogP contribution is 2.22. The summed E-state index contributed by atoms with van der Waals surface area (Å²) in [4.78, 5) is 26.3. The van der Waals surface area contributed by atoms with Crippen LogP contribution in [0.4, 0.5) is 11.4 Å². The van der Waals surface area contributed by atoms with Gasteiger partial charge >= 0.3 is 0 Å². The third-order valence-electron chi connectivity index (χ3n) is 3.57. The van der Waals surface area contributed by atoms with Crippen LogP contribution < -0.4 is 5.56 Å². The van der Waals surface area contributed by atoms with Crippen molar-refractivity contribution >= 4 is 17.6 Å². The highest BCUT2D eigenvalue weighted by atomic mass is 16.6. The molecule has 1 aromatic carbocycles. The van der Waals surface area contributed by atoms with E-state index in [-0.39, 0.29) is 29.2 Å². The minimum absolute atomic E-state index is 0.0557. The Kier molecular flexibility index (Phi) is 4.75. The fourth-order valence-electron chi connectivity index (χ4n) is 2.22. The van der Waals surface area contributed by atoms with Crippen molar-refractivity contribution in [2.75, 3.05) is 0 Å². The maximum absolute atomic E-state index is 12.1. The zero-order chi connectivity index (χ0) is 17.9. The van der Waals surface area contributed by atoms with Gasteiger partial charge in [0, 0.05) is 24.9 Å². The number of pyridine rings is 1. The monoisotopic (exact) mass is 326 g/mol. The number of nitrogens with zero attached hydrogens (tertiary/aromatic N) is 4. The summed E-state index contributed by atoms with van der Waals surface area (Å²) < 4.78 is 1.09. The first-order chi connectivity index (χ1) is 11.4. The van der Waals surface area contributed by atoms with Crippen molar-refractivity contribution in [2.24, 2.45) is 4.99 Å². The average Bonchev–Trinajstić information content (AvgIpc) is 2.56. The van der Waals surface area contributed by atoms with Crippen molar-refractivity contribution in [3.8, 4) is 11.9 Å². The molecule has 0 saturated carbocycles. The summed E-state index contributed by atoms with van der Waals surface area (Å²) in [6.45, 7) is 3.43. The molecule has 0 amide bonds. The van der Waals surface area contributed by atoms with E-state index in [2.05, 4.69) is 4.99 Å². The van der Waals surface area contributed by atoms with E-state index in [1.54, 1.807) is 13.8 Å². The van der Waals surface area contributed by atoms with Crippen LogP contribution in [0.5, 0.6) is 5.88 Å². The molecule has 0 unspecified atom stereocenters. The van der Waals surface area contributed by atoms with Crippen LogP contribution in [0.25, 0.3) is 0 Å². The third-order valence-corrected chi connectivity index (χ3v) is 3.57. The van der Waals surface area contributed by atoms with Gasteiger partial charge in [-0.1, -0.05) is 0 Å². The highest BCUT2D eigenvalue weighted by Gasteiger charge is 2.16. The number of rotatable bonds is 4. The molecule has 8 heteroatoms. The summed E-state index contributed by atoms with van der Waals surface area (Å²) in [6.07, 6.45) is 1.33. The Labute approximate surface area is 137 Å². The number of aromatic hydroxyl groups is 1. The third kappa shape index (κ3) is 3.01. The average molecular weight is 326 g/mol. The van der Waals surface area contributed by atoms with Gasteiger partial charge in [-0.15, -0.1) is 0 Å². The SMILES string of the molecule is CCn1c(O)c(C=Nc2ccc([N+](=O)[O-])cc2)c(C)c(C#N)c1=O. The van der Waals surface area contributed by atoms with Crippen LogP contribution in [0.15, 0.2) is 34.1 Å². The predicted octanol–water partition coefficient (Wildman–Crippen LogP) is 2.41. The van der Waals surface area contributed by atoms with Gasteiger partial charge in [-0.05, 0) is 31.5 Å². The topological polar surface area (TPSA) is 122 Å². The van der Waals surface area contributed by atoms with Gasteiger partial charge in [0.1, 0.15) is 11.6 Å². The van der Waals surface area contributed by atoms with Gasteiger partial charge < -0.3 is 5.11 Å². The first-order valence-corrected chi connectivity index (χ1v) is 7.05. The maximum atomic E-state index is 12.1. The molecular weight excluding hydrogens is 312 g/mol. The van der Waals surface area contributed by atoms with Crippen molar-refractivity contribution in [1.29, 1.82) is 5.26 Å². The molecule has 0 aliphatic carbocycles. The molecule has 0 spiro atoms. The molecule has 8 nitrogen and oxygen atoms in total. The minimum atomic E-state index is -0.553. The van der Waals surface area contributed by atoms with Crippen LogP contribution in [0.3, 0.4) is 0 Å². The smallest absolute Gasteiger partial charge is 0.271 e. The van der Waals surface area contributed by atoms with Crippen LogP contribution >= 0.6 is 0 Å². The van der Waals surface area contributed by atoms with Gasteiger partial charge in [-0.25, -0.2) is 0 Å². The van der Waals surface area contributed by atoms with Gasteiger partial charge in [0.15, 0.2) is 0 Å². The number of benzene rings is 1. The molecule has 2 rings (SSSR count). The summed E-state index contributed by atoms with van der Waals surface area (Å²) in [6, 6.07) is 7.39. The zero-order valence-corrected chi connectivity index (χ0v) is 13.1. The fraction of sp³-hybridized carbons (Fsp3) is 0.188. The molecule has 0 fully saturated rings. The molecule has 122 valence electrons. The summed E-state index contributed by atoms with van der Waals surface area (Å²) in [7, 11) is 0. The molecule has 1 N–H and O–H groups in total.